The highest BCUT2D eigenvalue weighted by atomic mass is 32.2. The zero-order valence-electron chi connectivity index (χ0n) is 29.4. The second-order valence-electron chi connectivity index (χ2n) is 14.6. The van der Waals surface area contributed by atoms with Crippen LogP contribution >= 0.6 is 0 Å². The number of rotatable bonds is 7. The fraction of sp³-hybridized carbons (Fsp3) is 0.514. The minimum Gasteiger partial charge on any atom is -0.471 e. The zero-order chi connectivity index (χ0) is 39.3. The standard InChI is InChI=1S/C35H37F4N7O8S/c1-33(12-13-33)55(51,52)45-32(50)34-17-19(34)7-5-3-2-4-6-8-24(41-28(47)23-11-14-53-44-23)31(49)46-18-21(16-26(46)29(48)43-34)54-30-27(35(37,38)39)40-22-10-9-20(36)15-25(22)42-30/h5,7,9-11,14-15,19,21,24,26H,2-4,6,8,12-13,16-18H2,1H3,(H,41,47)(H,43,48)(H,45,50)/b7-5-/t19-,21-,24+,26+,34-/m1/s1. The first kappa shape index (κ1) is 38.1. The summed E-state index contributed by atoms with van der Waals surface area (Å²) in [6.45, 7) is 1.03. The number of carbonyl (C=O) groups is 4. The van der Waals surface area contributed by atoms with Crippen molar-refractivity contribution in [3.63, 3.8) is 0 Å². The Morgan fingerprint density at radius 2 is 1.87 bits per heavy atom. The summed E-state index contributed by atoms with van der Waals surface area (Å²) in [5, 5.41) is 8.90. The summed E-state index contributed by atoms with van der Waals surface area (Å²) in [5.41, 5.74) is -3.85. The average molecular weight is 792 g/mol. The highest BCUT2D eigenvalue weighted by Crippen LogP contribution is 2.47. The van der Waals surface area contributed by atoms with Gasteiger partial charge in [0.05, 0.1) is 22.3 Å². The van der Waals surface area contributed by atoms with Gasteiger partial charge in [-0.3, -0.25) is 23.9 Å². The molecule has 55 heavy (non-hydrogen) atoms. The number of aromatic nitrogens is 3. The molecule has 0 unspecified atom stereocenters. The van der Waals surface area contributed by atoms with Gasteiger partial charge < -0.3 is 24.8 Å². The maximum Gasteiger partial charge on any atom is 0.438 e. The molecular weight excluding hydrogens is 754 g/mol. The number of benzene rings is 1. The highest BCUT2D eigenvalue weighted by Gasteiger charge is 2.63. The quantitative estimate of drug-likeness (QED) is 0.234. The normalized spacial score (nSPS) is 27.5. The van der Waals surface area contributed by atoms with Crippen molar-refractivity contribution in [2.24, 2.45) is 5.92 Å². The van der Waals surface area contributed by atoms with E-state index in [1.54, 1.807) is 6.08 Å². The number of amides is 4. The van der Waals surface area contributed by atoms with E-state index in [0.29, 0.717) is 38.5 Å². The SMILES string of the molecule is CC1(S(=O)(=O)NC(=O)[C@@]23C[C@H]2/C=C\CCCCC[C@H](NC(=O)c2ccon2)C(=O)N2C[C@H](Oc4nc5cc(F)ccc5nc4C(F)(F)F)C[C@H]2C(=O)N3)CC1. The molecule has 3 aromatic rings. The third kappa shape index (κ3) is 7.72. The third-order valence-corrected chi connectivity index (χ3v) is 12.8. The first-order valence-electron chi connectivity index (χ1n) is 17.8. The van der Waals surface area contributed by atoms with Crippen molar-refractivity contribution in [1.29, 1.82) is 0 Å². The minimum absolute atomic E-state index is 0.0441. The number of carbonyl (C=O) groups excluding carboxylic acids is 4. The number of nitrogens with one attached hydrogen (secondary N) is 3. The van der Waals surface area contributed by atoms with E-state index in [2.05, 4.69) is 30.5 Å². The molecule has 3 fully saturated rings. The van der Waals surface area contributed by atoms with E-state index in [1.807, 2.05) is 6.08 Å². The Labute approximate surface area is 311 Å². The number of alkyl halides is 3. The summed E-state index contributed by atoms with van der Waals surface area (Å²) < 4.78 is 94.4. The van der Waals surface area contributed by atoms with Crippen LogP contribution in [0.15, 0.2) is 47.2 Å². The molecule has 294 valence electrons. The van der Waals surface area contributed by atoms with Gasteiger partial charge in [0.15, 0.2) is 5.69 Å². The summed E-state index contributed by atoms with van der Waals surface area (Å²) in [5.74, 6) is -5.78. The maximum absolute atomic E-state index is 14.4. The number of ether oxygens (including phenoxy) is 1. The molecule has 2 aromatic heterocycles. The van der Waals surface area contributed by atoms with E-state index in [9.17, 15) is 45.2 Å². The van der Waals surface area contributed by atoms with E-state index >= 15 is 0 Å². The molecule has 7 rings (SSSR count). The van der Waals surface area contributed by atoms with Gasteiger partial charge in [0.2, 0.25) is 33.4 Å². The van der Waals surface area contributed by atoms with Crippen LogP contribution in [0.3, 0.4) is 0 Å². The van der Waals surface area contributed by atoms with Crippen LogP contribution in [0, 0.1) is 11.7 Å². The van der Waals surface area contributed by atoms with Gasteiger partial charge in [-0.25, -0.2) is 22.8 Å². The summed E-state index contributed by atoms with van der Waals surface area (Å²) in [6, 6.07) is 1.41. The van der Waals surface area contributed by atoms with Crippen LogP contribution < -0.4 is 20.1 Å². The summed E-state index contributed by atoms with van der Waals surface area (Å²) in [4.78, 5) is 64.0. The summed E-state index contributed by atoms with van der Waals surface area (Å²) in [7, 11) is -4.11. The van der Waals surface area contributed by atoms with E-state index in [-0.39, 0.29) is 29.6 Å². The van der Waals surface area contributed by atoms with Crippen LogP contribution in [0.1, 0.15) is 80.9 Å². The van der Waals surface area contributed by atoms with Gasteiger partial charge in [0.25, 0.3) is 11.8 Å². The van der Waals surface area contributed by atoms with Crippen molar-refractivity contribution in [2.45, 2.75) is 99.4 Å². The lowest BCUT2D eigenvalue weighted by Crippen LogP contribution is -2.58. The van der Waals surface area contributed by atoms with Crippen molar-refractivity contribution >= 4 is 44.7 Å². The predicted molar refractivity (Wildman–Crippen MR) is 183 cm³/mol. The first-order valence-corrected chi connectivity index (χ1v) is 19.3. The number of halogens is 4. The van der Waals surface area contributed by atoms with Crippen LogP contribution in [0.2, 0.25) is 0 Å². The lowest BCUT2D eigenvalue weighted by Gasteiger charge is -2.30. The molecule has 20 heteroatoms. The third-order valence-electron chi connectivity index (χ3n) is 10.6. The number of allylic oxidation sites excluding steroid dienone is 1. The van der Waals surface area contributed by atoms with E-state index in [1.165, 1.54) is 13.0 Å². The largest absolute Gasteiger partial charge is 0.471 e. The van der Waals surface area contributed by atoms with Crippen molar-refractivity contribution in [3.8, 4) is 5.88 Å². The Morgan fingerprint density at radius 1 is 1.09 bits per heavy atom. The fourth-order valence-corrected chi connectivity index (χ4v) is 8.26. The summed E-state index contributed by atoms with van der Waals surface area (Å²) in [6.07, 6.45) is 1.12. The molecule has 2 aliphatic carbocycles. The minimum atomic E-state index is -5.07. The molecule has 15 nitrogen and oxygen atoms in total. The number of sulfonamides is 1. The topological polar surface area (TPSA) is 203 Å². The van der Waals surface area contributed by atoms with E-state index in [0.717, 1.165) is 29.4 Å². The van der Waals surface area contributed by atoms with Gasteiger partial charge >= 0.3 is 6.18 Å². The molecule has 5 atom stereocenters. The van der Waals surface area contributed by atoms with Crippen LogP contribution in [-0.2, 0) is 30.6 Å². The monoisotopic (exact) mass is 791 g/mol. The van der Waals surface area contributed by atoms with Gasteiger partial charge in [-0.1, -0.05) is 30.2 Å². The molecule has 4 aliphatic rings. The maximum atomic E-state index is 14.4. The molecule has 2 aliphatic heterocycles. The van der Waals surface area contributed by atoms with E-state index in [4.69, 9.17) is 9.26 Å². The highest BCUT2D eigenvalue weighted by molar-refractivity contribution is 7.91. The van der Waals surface area contributed by atoms with Gasteiger partial charge in [-0.05, 0) is 57.6 Å². The van der Waals surface area contributed by atoms with Gasteiger partial charge in [0.1, 0.15) is 35.8 Å². The lowest BCUT2D eigenvalue weighted by molar-refractivity contribution is -0.143. The van der Waals surface area contributed by atoms with Gasteiger partial charge in [-0.2, -0.15) is 13.2 Å². The van der Waals surface area contributed by atoms with Crippen LogP contribution in [0.25, 0.3) is 11.0 Å². The van der Waals surface area contributed by atoms with Gasteiger partial charge in [0, 0.05) is 24.5 Å². The second-order valence-corrected chi connectivity index (χ2v) is 16.8. The number of hydrogen-bond donors (Lipinski definition) is 3. The molecule has 0 bridgehead atoms. The molecule has 0 radical (unpaired) electrons. The molecule has 1 aromatic carbocycles. The first-order chi connectivity index (χ1) is 26.0. The van der Waals surface area contributed by atoms with Crippen LogP contribution in [-0.4, -0.2) is 87.1 Å². The molecule has 2 saturated carbocycles. The summed E-state index contributed by atoms with van der Waals surface area (Å²) >= 11 is 0. The lowest BCUT2D eigenvalue weighted by atomic mass is 10.0. The molecular formula is C35H37F4N7O8S. The van der Waals surface area contributed by atoms with E-state index < -0.39 is 105 Å². The second kappa shape index (κ2) is 14.2. The Hall–Kier alpha value is -5.14. The Morgan fingerprint density at radius 3 is 2.58 bits per heavy atom. The van der Waals surface area contributed by atoms with Crippen molar-refractivity contribution in [3.05, 3.63) is 59.9 Å². The molecule has 4 amide bonds. The smallest absolute Gasteiger partial charge is 0.438 e. The number of nitrogens with zero attached hydrogens (tertiary/aromatic N) is 4. The Kier molecular flexibility index (Phi) is 9.83. The zero-order valence-corrected chi connectivity index (χ0v) is 30.2. The molecule has 4 heterocycles. The molecule has 0 spiro atoms. The van der Waals surface area contributed by atoms with Gasteiger partial charge in [-0.15, -0.1) is 0 Å². The number of hydrogen-bond acceptors (Lipinski definition) is 11. The Balaban J connectivity index is 1.22. The number of fused-ring (bicyclic) bond motifs is 3. The predicted octanol–water partition coefficient (Wildman–Crippen LogP) is 3.32. The fourth-order valence-electron chi connectivity index (χ4n) is 6.94. The van der Waals surface area contributed by atoms with Crippen molar-refractivity contribution in [2.75, 3.05) is 6.54 Å². The van der Waals surface area contributed by atoms with Crippen molar-refractivity contribution < 1.29 is 54.4 Å². The average Bonchev–Trinajstić information content (AvgIpc) is 3.87. The Bertz CT molecular complexity index is 2160. The van der Waals surface area contributed by atoms with Crippen LogP contribution in [0.4, 0.5) is 17.6 Å². The van der Waals surface area contributed by atoms with Crippen LogP contribution in [0.5, 0.6) is 5.88 Å². The molecule has 1 saturated heterocycles. The molecule has 3 N–H and O–H groups in total. The van der Waals surface area contributed by atoms with Crippen molar-refractivity contribution in [1.82, 2.24) is 35.4 Å².